The molecule has 1 rings (SSSR count). The van der Waals surface area contributed by atoms with Crippen molar-refractivity contribution in [3.8, 4) is 0 Å². The summed E-state index contributed by atoms with van der Waals surface area (Å²) in [6, 6.07) is 0. The van der Waals surface area contributed by atoms with Crippen molar-refractivity contribution in [3.05, 3.63) is 12.2 Å². The highest BCUT2D eigenvalue weighted by Gasteiger charge is 2.24. The van der Waals surface area contributed by atoms with Crippen molar-refractivity contribution in [1.82, 2.24) is 4.90 Å². The topological polar surface area (TPSA) is 3.24 Å². The molecule has 0 N–H and O–H groups in total. The highest BCUT2D eigenvalue weighted by molar-refractivity contribution is 4.91. The molecule has 0 atom stereocenters. The molecule has 1 saturated heterocycles. The van der Waals surface area contributed by atoms with E-state index >= 15 is 0 Å². The Kier molecular flexibility index (Phi) is 5.91. The summed E-state index contributed by atoms with van der Waals surface area (Å²) < 4.78 is 0. The van der Waals surface area contributed by atoms with Crippen LogP contribution in [0.2, 0.25) is 0 Å². The van der Waals surface area contributed by atoms with E-state index in [9.17, 15) is 0 Å². The van der Waals surface area contributed by atoms with Crippen molar-refractivity contribution in [1.29, 1.82) is 0 Å². The predicted molar refractivity (Wildman–Crippen MR) is 81.9 cm³/mol. The molecule has 0 aliphatic carbocycles. The number of nitrogens with zero attached hydrogens (tertiary/aromatic N) is 1. The van der Waals surface area contributed by atoms with Gasteiger partial charge in [0.05, 0.1) is 0 Å². The Morgan fingerprint density at radius 3 is 2.06 bits per heavy atom. The number of rotatable bonds is 5. The first-order chi connectivity index (χ1) is 8.29. The molecule has 0 bridgehead atoms. The van der Waals surface area contributed by atoms with Crippen LogP contribution in [0.25, 0.3) is 0 Å². The molecule has 0 aromatic heterocycles. The van der Waals surface area contributed by atoms with Gasteiger partial charge in [-0.05, 0) is 49.6 Å². The highest BCUT2D eigenvalue weighted by Crippen LogP contribution is 2.35. The average Bonchev–Trinajstić information content (AvgIpc) is 2.23. The Labute approximate surface area is 115 Å². The molecule has 1 aliphatic rings. The molecular weight excluding hydrogens is 218 g/mol. The van der Waals surface area contributed by atoms with Gasteiger partial charge in [0.1, 0.15) is 0 Å². The first-order valence-corrected chi connectivity index (χ1v) is 7.66. The summed E-state index contributed by atoms with van der Waals surface area (Å²) in [5, 5.41) is 0. The third-order valence-corrected chi connectivity index (χ3v) is 3.66. The molecule has 106 valence electrons. The van der Waals surface area contributed by atoms with Crippen LogP contribution in [-0.4, -0.2) is 24.5 Å². The predicted octanol–water partition coefficient (Wildman–Crippen LogP) is 4.88. The summed E-state index contributed by atoms with van der Waals surface area (Å²) >= 11 is 0. The molecule has 1 fully saturated rings. The van der Waals surface area contributed by atoms with Crippen molar-refractivity contribution in [2.24, 2.45) is 10.8 Å². The van der Waals surface area contributed by atoms with E-state index in [0.29, 0.717) is 10.8 Å². The molecule has 18 heavy (non-hydrogen) atoms. The lowest BCUT2D eigenvalue weighted by atomic mass is 9.74. The van der Waals surface area contributed by atoms with Crippen LogP contribution < -0.4 is 0 Å². The van der Waals surface area contributed by atoms with Gasteiger partial charge in [0, 0.05) is 6.54 Å². The number of hydrogen-bond donors (Lipinski definition) is 0. The van der Waals surface area contributed by atoms with Crippen LogP contribution in [-0.2, 0) is 0 Å². The second-order valence-corrected chi connectivity index (χ2v) is 7.94. The molecule has 1 nitrogen and oxygen atoms in total. The fourth-order valence-electron chi connectivity index (χ4n) is 3.28. The minimum atomic E-state index is 0.427. The maximum absolute atomic E-state index is 2.58. The minimum absolute atomic E-state index is 0.427. The average molecular weight is 251 g/mol. The molecule has 0 aromatic rings. The van der Waals surface area contributed by atoms with Crippen molar-refractivity contribution < 1.29 is 0 Å². The maximum Gasteiger partial charge on any atom is 0.0163 e. The van der Waals surface area contributed by atoms with Gasteiger partial charge in [-0.25, -0.2) is 0 Å². The van der Waals surface area contributed by atoms with Gasteiger partial charge in [0.2, 0.25) is 0 Å². The van der Waals surface area contributed by atoms with Crippen LogP contribution in [0.3, 0.4) is 0 Å². The first kappa shape index (κ1) is 15.8. The summed E-state index contributed by atoms with van der Waals surface area (Å²) in [4.78, 5) is 2.58. The van der Waals surface area contributed by atoms with Crippen LogP contribution in [0, 0.1) is 10.8 Å². The van der Waals surface area contributed by atoms with Crippen LogP contribution in [0.15, 0.2) is 12.2 Å². The van der Waals surface area contributed by atoms with E-state index in [1.165, 1.54) is 45.2 Å². The molecule has 0 unspecified atom stereocenters. The van der Waals surface area contributed by atoms with Crippen molar-refractivity contribution >= 4 is 0 Å². The highest BCUT2D eigenvalue weighted by atomic mass is 15.1. The molecule has 0 spiro atoms. The van der Waals surface area contributed by atoms with E-state index in [1.54, 1.807) is 0 Å². The molecular formula is C17H33N. The largest absolute Gasteiger partial charge is 0.300 e. The van der Waals surface area contributed by atoms with E-state index in [0.717, 1.165) is 6.54 Å². The van der Waals surface area contributed by atoms with Crippen molar-refractivity contribution in [2.45, 2.75) is 66.7 Å². The second kappa shape index (κ2) is 6.75. The zero-order valence-electron chi connectivity index (χ0n) is 13.3. The lowest BCUT2D eigenvalue weighted by molar-refractivity contribution is 0.214. The molecule has 0 aromatic carbocycles. The standard InChI is InChI=1S/C17H33N/c1-16(2,3)15-17(4,5)11-7-10-14-18-12-8-6-9-13-18/h7,10H,6,8-9,11-15H2,1-5H3/b10-7+. The number of hydrogen-bond acceptors (Lipinski definition) is 1. The Bertz CT molecular complexity index is 251. The third kappa shape index (κ3) is 7.20. The fourth-order valence-corrected chi connectivity index (χ4v) is 3.28. The summed E-state index contributed by atoms with van der Waals surface area (Å²) in [6.07, 6.45) is 11.5. The Balaban J connectivity index is 2.25. The molecule has 0 saturated carbocycles. The fraction of sp³-hybridized carbons (Fsp3) is 0.882. The Hall–Kier alpha value is -0.300. The van der Waals surface area contributed by atoms with E-state index in [1.807, 2.05) is 0 Å². The van der Waals surface area contributed by atoms with Crippen molar-refractivity contribution in [2.75, 3.05) is 19.6 Å². The third-order valence-electron chi connectivity index (χ3n) is 3.66. The molecule has 1 heteroatoms. The zero-order valence-corrected chi connectivity index (χ0v) is 13.3. The van der Waals surface area contributed by atoms with E-state index in [-0.39, 0.29) is 0 Å². The van der Waals surface area contributed by atoms with Crippen LogP contribution in [0.5, 0.6) is 0 Å². The van der Waals surface area contributed by atoms with Crippen LogP contribution in [0.1, 0.15) is 66.7 Å². The summed E-state index contributed by atoms with van der Waals surface area (Å²) in [5.41, 5.74) is 0.862. The lowest BCUT2D eigenvalue weighted by Crippen LogP contribution is -2.29. The van der Waals surface area contributed by atoms with E-state index in [2.05, 4.69) is 51.7 Å². The Morgan fingerprint density at radius 2 is 1.50 bits per heavy atom. The summed E-state index contributed by atoms with van der Waals surface area (Å²) in [5.74, 6) is 0. The maximum atomic E-state index is 2.58. The zero-order chi connectivity index (χ0) is 13.6. The number of piperidine rings is 1. The minimum Gasteiger partial charge on any atom is -0.300 e. The first-order valence-electron chi connectivity index (χ1n) is 7.66. The van der Waals surface area contributed by atoms with Gasteiger partial charge < -0.3 is 0 Å². The molecule has 1 heterocycles. The van der Waals surface area contributed by atoms with Gasteiger partial charge in [-0.15, -0.1) is 0 Å². The normalized spacial score (nSPS) is 19.6. The second-order valence-electron chi connectivity index (χ2n) is 7.94. The van der Waals surface area contributed by atoms with E-state index in [4.69, 9.17) is 0 Å². The van der Waals surface area contributed by atoms with Gasteiger partial charge in [-0.3, -0.25) is 4.90 Å². The summed E-state index contributed by atoms with van der Waals surface area (Å²) in [6.45, 7) is 15.6. The van der Waals surface area contributed by atoms with Gasteiger partial charge >= 0.3 is 0 Å². The molecule has 0 radical (unpaired) electrons. The van der Waals surface area contributed by atoms with Crippen LogP contribution in [0.4, 0.5) is 0 Å². The Morgan fingerprint density at radius 1 is 0.889 bits per heavy atom. The quantitative estimate of drug-likeness (QED) is 0.629. The SMILES string of the molecule is CC(C)(C)CC(C)(C)C/C=C/CN1CCCCC1. The molecule has 0 amide bonds. The van der Waals surface area contributed by atoms with Gasteiger partial charge in [0.15, 0.2) is 0 Å². The van der Waals surface area contributed by atoms with Gasteiger partial charge in [-0.2, -0.15) is 0 Å². The van der Waals surface area contributed by atoms with E-state index < -0.39 is 0 Å². The van der Waals surface area contributed by atoms with Crippen molar-refractivity contribution in [3.63, 3.8) is 0 Å². The lowest BCUT2D eigenvalue weighted by Gasteiger charge is -2.31. The number of likely N-dealkylation sites (tertiary alicyclic amines) is 1. The van der Waals surface area contributed by atoms with Crippen LogP contribution >= 0.6 is 0 Å². The molecule has 1 aliphatic heterocycles. The van der Waals surface area contributed by atoms with Gasteiger partial charge in [0.25, 0.3) is 0 Å². The smallest absolute Gasteiger partial charge is 0.0163 e. The summed E-state index contributed by atoms with van der Waals surface area (Å²) in [7, 11) is 0. The monoisotopic (exact) mass is 251 g/mol. The number of allylic oxidation sites excluding steroid dienone is 1. The van der Waals surface area contributed by atoms with Gasteiger partial charge in [-0.1, -0.05) is 53.2 Å².